The molecule has 0 aromatic carbocycles. The van der Waals surface area contributed by atoms with E-state index in [0.717, 1.165) is 5.69 Å². The molecule has 0 N–H and O–H groups in total. The van der Waals surface area contributed by atoms with E-state index in [0.29, 0.717) is 0 Å². The predicted molar refractivity (Wildman–Crippen MR) is 34.7 cm³/mol. The lowest BCUT2D eigenvalue weighted by Crippen LogP contribution is -1.76. The first-order valence-electron chi connectivity index (χ1n) is 2.23. The molecule has 0 spiro atoms. The molecule has 0 atom stereocenters. The van der Waals surface area contributed by atoms with Crippen LogP contribution in [0, 0.1) is 6.92 Å². The maximum atomic E-state index is 3.98. The lowest BCUT2D eigenvalue weighted by atomic mass is 10.6. The van der Waals surface area contributed by atoms with E-state index in [1.165, 1.54) is 0 Å². The first-order valence-corrected chi connectivity index (χ1v) is 2.23. The normalized spacial score (nSPS) is 8.25. The fraction of sp³-hybridized carbons (Fsp3) is 0.500. The molecule has 1 rings (SSSR count). The van der Waals surface area contributed by atoms with Gasteiger partial charge in [0, 0.05) is 13.2 Å². The Balaban J connectivity index is 0.000000490. The molecule has 0 saturated carbocycles. The van der Waals surface area contributed by atoms with Crippen LogP contribution in [0.25, 0.3) is 0 Å². The van der Waals surface area contributed by atoms with Crippen LogP contribution in [0.2, 0.25) is 0 Å². The highest BCUT2D eigenvalue weighted by atomic mass is 15.0. The Morgan fingerprint density at radius 3 is 2.38 bits per heavy atom. The molecule has 46 valence electrons. The molecule has 1 aromatic rings. The summed E-state index contributed by atoms with van der Waals surface area (Å²) in [6.45, 7) is 1.97. The highest BCUT2D eigenvalue weighted by molar-refractivity contribution is 4.90. The maximum Gasteiger partial charge on any atom is 0.0946 e. The van der Waals surface area contributed by atoms with Gasteiger partial charge in [0.1, 0.15) is 0 Å². The molecule has 0 bridgehead atoms. The summed E-state index contributed by atoms with van der Waals surface area (Å²) in [4.78, 5) is 3.98. The lowest BCUT2D eigenvalue weighted by molar-refractivity contribution is 0.913. The summed E-state index contributed by atoms with van der Waals surface area (Å²) >= 11 is 0. The Labute approximate surface area is 50.2 Å². The van der Waals surface area contributed by atoms with E-state index < -0.39 is 0 Å². The average molecular weight is 112 g/mol. The molecule has 1 heterocycles. The monoisotopic (exact) mass is 112 g/mol. The van der Waals surface area contributed by atoms with Gasteiger partial charge >= 0.3 is 0 Å². The van der Waals surface area contributed by atoms with E-state index in [2.05, 4.69) is 4.98 Å². The smallest absolute Gasteiger partial charge is 0.0946 e. The van der Waals surface area contributed by atoms with Crippen LogP contribution < -0.4 is 0 Å². The Morgan fingerprint density at radius 2 is 2.25 bits per heavy atom. The Hall–Kier alpha value is -0.790. The first-order chi connectivity index (χ1) is 3.29. The quantitative estimate of drug-likeness (QED) is 0.495. The van der Waals surface area contributed by atoms with Crippen LogP contribution in [0.5, 0.6) is 0 Å². The average Bonchev–Trinajstić information content (AvgIpc) is 1.87. The van der Waals surface area contributed by atoms with Crippen LogP contribution in [-0.4, -0.2) is 9.55 Å². The molecular formula is C6H12N2. The van der Waals surface area contributed by atoms with Crippen molar-refractivity contribution in [2.75, 3.05) is 0 Å². The van der Waals surface area contributed by atoms with Crippen LogP contribution >= 0.6 is 0 Å². The summed E-state index contributed by atoms with van der Waals surface area (Å²) in [6, 6.07) is 0. The van der Waals surface area contributed by atoms with Crippen molar-refractivity contribution in [2.45, 2.75) is 14.4 Å². The summed E-state index contributed by atoms with van der Waals surface area (Å²) in [6.07, 6.45) is 3.76. The van der Waals surface area contributed by atoms with Gasteiger partial charge in [-0.1, -0.05) is 7.43 Å². The third-order valence-electron chi connectivity index (χ3n) is 0.834. The number of hydrogen-bond acceptors (Lipinski definition) is 1. The van der Waals surface area contributed by atoms with Crippen LogP contribution in [0.4, 0.5) is 0 Å². The minimum Gasteiger partial charge on any atom is -0.340 e. The second-order valence-electron chi connectivity index (χ2n) is 1.68. The fourth-order valence-electron chi connectivity index (χ4n) is 0.544. The molecule has 2 heteroatoms. The molecule has 0 saturated heterocycles. The summed E-state index contributed by atoms with van der Waals surface area (Å²) in [5, 5.41) is 0. The number of aryl methyl sites for hydroxylation is 2. The maximum absolute atomic E-state index is 3.98. The molecule has 2 nitrogen and oxygen atoms in total. The van der Waals surface area contributed by atoms with Gasteiger partial charge in [-0.25, -0.2) is 4.98 Å². The van der Waals surface area contributed by atoms with Crippen LogP contribution in [0.3, 0.4) is 0 Å². The number of nitrogens with zero attached hydrogens (tertiary/aromatic N) is 2. The second-order valence-corrected chi connectivity index (χ2v) is 1.68. The Morgan fingerprint density at radius 1 is 1.62 bits per heavy atom. The molecule has 0 amide bonds. The molecule has 0 unspecified atom stereocenters. The van der Waals surface area contributed by atoms with Gasteiger partial charge < -0.3 is 4.57 Å². The van der Waals surface area contributed by atoms with Crippen molar-refractivity contribution in [3.63, 3.8) is 0 Å². The molecule has 1 aromatic heterocycles. The highest BCUT2D eigenvalue weighted by Gasteiger charge is 1.81. The van der Waals surface area contributed by atoms with E-state index >= 15 is 0 Å². The van der Waals surface area contributed by atoms with Crippen molar-refractivity contribution >= 4 is 0 Å². The van der Waals surface area contributed by atoms with Gasteiger partial charge in [0.2, 0.25) is 0 Å². The van der Waals surface area contributed by atoms with E-state index in [4.69, 9.17) is 0 Å². The van der Waals surface area contributed by atoms with Crippen molar-refractivity contribution in [2.24, 2.45) is 7.05 Å². The Bertz CT molecular complexity index is 139. The lowest BCUT2D eigenvalue weighted by Gasteiger charge is -1.78. The molecule has 0 aliphatic heterocycles. The zero-order valence-electron chi connectivity index (χ0n) is 4.55. The topological polar surface area (TPSA) is 17.8 Å². The fourth-order valence-corrected chi connectivity index (χ4v) is 0.544. The van der Waals surface area contributed by atoms with E-state index in [-0.39, 0.29) is 7.43 Å². The van der Waals surface area contributed by atoms with Crippen molar-refractivity contribution in [3.05, 3.63) is 18.2 Å². The summed E-state index contributed by atoms with van der Waals surface area (Å²) in [7, 11) is 1.96. The van der Waals surface area contributed by atoms with Gasteiger partial charge in [-0.05, 0) is 6.92 Å². The minimum atomic E-state index is 0. The van der Waals surface area contributed by atoms with E-state index in [1.807, 2.05) is 24.7 Å². The van der Waals surface area contributed by atoms with Gasteiger partial charge in [-0.15, -0.1) is 0 Å². The predicted octanol–water partition coefficient (Wildman–Crippen LogP) is 1.36. The van der Waals surface area contributed by atoms with Crippen LogP contribution in [0.15, 0.2) is 12.5 Å². The van der Waals surface area contributed by atoms with E-state index in [1.54, 1.807) is 6.33 Å². The number of aromatic nitrogens is 2. The number of imidazole rings is 1. The standard InChI is InChI=1S/C5H8N2.CH4/c1-5-3-7(2)4-6-5;/h3-4H,1-2H3;1H4. The third kappa shape index (κ3) is 1.37. The minimum absolute atomic E-state index is 0. The van der Waals surface area contributed by atoms with Crippen LogP contribution in [-0.2, 0) is 7.05 Å². The Kier molecular flexibility index (Phi) is 2.25. The molecule has 8 heavy (non-hydrogen) atoms. The second kappa shape index (κ2) is 2.50. The van der Waals surface area contributed by atoms with Gasteiger partial charge in [-0.2, -0.15) is 0 Å². The summed E-state index contributed by atoms with van der Waals surface area (Å²) in [5.41, 5.74) is 1.07. The van der Waals surface area contributed by atoms with Crippen molar-refractivity contribution < 1.29 is 0 Å². The molecule has 0 fully saturated rings. The van der Waals surface area contributed by atoms with Crippen molar-refractivity contribution in [3.8, 4) is 0 Å². The molecule has 0 aliphatic rings. The van der Waals surface area contributed by atoms with Gasteiger partial charge in [0.25, 0.3) is 0 Å². The SMILES string of the molecule is C.Cc1cn(C)cn1. The zero-order valence-corrected chi connectivity index (χ0v) is 4.55. The molecule has 0 aliphatic carbocycles. The third-order valence-corrected chi connectivity index (χ3v) is 0.834. The van der Waals surface area contributed by atoms with Crippen molar-refractivity contribution in [1.82, 2.24) is 9.55 Å². The number of hydrogen-bond donors (Lipinski definition) is 0. The van der Waals surface area contributed by atoms with Crippen molar-refractivity contribution in [1.29, 1.82) is 0 Å². The van der Waals surface area contributed by atoms with Gasteiger partial charge in [0.05, 0.1) is 12.0 Å². The molecule has 0 radical (unpaired) electrons. The highest BCUT2D eigenvalue weighted by Crippen LogP contribution is 1.86. The largest absolute Gasteiger partial charge is 0.340 e. The van der Waals surface area contributed by atoms with Gasteiger partial charge in [-0.3, -0.25) is 0 Å². The van der Waals surface area contributed by atoms with Gasteiger partial charge in [0.15, 0.2) is 0 Å². The summed E-state index contributed by atoms with van der Waals surface area (Å²) < 4.78 is 1.93. The van der Waals surface area contributed by atoms with E-state index in [9.17, 15) is 0 Å². The van der Waals surface area contributed by atoms with Crippen LogP contribution in [0.1, 0.15) is 13.1 Å². The zero-order chi connectivity index (χ0) is 5.28. The number of rotatable bonds is 0. The summed E-state index contributed by atoms with van der Waals surface area (Å²) in [5.74, 6) is 0. The molecular weight excluding hydrogens is 100 g/mol. The first kappa shape index (κ1) is 7.21.